The van der Waals surface area contributed by atoms with Crippen LogP contribution in [0.4, 0.5) is 0 Å². The van der Waals surface area contributed by atoms with E-state index in [1.54, 1.807) is 0 Å². The van der Waals surface area contributed by atoms with Gasteiger partial charge in [0.15, 0.2) is 0 Å². The van der Waals surface area contributed by atoms with Crippen molar-refractivity contribution in [1.82, 2.24) is 9.97 Å². The fraction of sp³-hybridized carbons (Fsp3) is 0.167. The molecule has 1 N–H and O–H groups in total. The Morgan fingerprint density at radius 3 is 3.00 bits per heavy atom. The van der Waals surface area contributed by atoms with Crippen LogP contribution in [0.15, 0.2) is 11.0 Å². The molecular formula is C6H5ClN2O3. The van der Waals surface area contributed by atoms with Crippen LogP contribution in [0.25, 0.3) is 0 Å². The van der Waals surface area contributed by atoms with Crippen molar-refractivity contribution in [1.29, 1.82) is 0 Å². The van der Waals surface area contributed by atoms with Gasteiger partial charge in [-0.15, -0.1) is 0 Å². The zero-order valence-corrected chi connectivity index (χ0v) is 6.88. The van der Waals surface area contributed by atoms with Gasteiger partial charge >= 0.3 is 11.7 Å². The van der Waals surface area contributed by atoms with Crippen molar-refractivity contribution in [3.05, 3.63) is 27.4 Å². The van der Waals surface area contributed by atoms with Crippen LogP contribution >= 0.6 is 11.6 Å². The van der Waals surface area contributed by atoms with Crippen molar-refractivity contribution in [2.75, 3.05) is 7.11 Å². The minimum Gasteiger partial charge on any atom is -0.464 e. The molecule has 0 aliphatic rings. The Kier molecular flexibility index (Phi) is 2.44. The number of aromatic nitrogens is 2. The van der Waals surface area contributed by atoms with Crippen LogP contribution < -0.4 is 5.69 Å². The number of carbonyl (C=O) groups is 1. The molecule has 64 valence electrons. The third kappa shape index (κ3) is 1.62. The lowest BCUT2D eigenvalue weighted by atomic mass is 10.4. The molecule has 0 saturated carbocycles. The Morgan fingerprint density at radius 1 is 1.75 bits per heavy atom. The first-order valence-corrected chi connectivity index (χ1v) is 3.36. The molecular weight excluding hydrogens is 184 g/mol. The van der Waals surface area contributed by atoms with E-state index in [-0.39, 0.29) is 10.7 Å². The van der Waals surface area contributed by atoms with Gasteiger partial charge in [-0.1, -0.05) is 11.6 Å². The maximum atomic E-state index is 10.9. The third-order valence-corrected chi connectivity index (χ3v) is 1.44. The van der Waals surface area contributed by atoms with E-state index >= 15 is 0 Å². The van der Waals surface area contributed by atoms with Gasteiger partial charge < -0.3 is 4.74 Å². The first-order chi connectivity index (χ1) is 5.65. The predicted octanol–water partition coefficient (Wildman–Crippen LogP) is 0.210. The first-order valence-electron chi connectivity index (χ1n) is 2.98. The summed E-state index contributed by atoms with van der Waals surface area (Å²) >= 11 is 5.54. The first kappa shape index (κ1) is 8.73. The topological polar surface area (TPSA) is 72.1 Å². The molecule has 0 spiro atoms. The molecule has 0 fully saturated rings. The Hall–Kier alpha value is -1.36. The Morgan fingerprint density at radius 2 is 2.42 bits per heavy atom. The molecule has 0 atom stereocenters. The lowest BCUT2D eigenvalue weighted by Gasteiger charge is -1.98. The molecule has 12 heavy (non-hydrogen) atoms. The molecule has 0 saturated heterocycles. The molecule has 0 bridgehead atoms. The van der Waals surface area contributed by atoms with Gasteiger partial charge in [0, 0.05) is 0 Å². The molecule has 1 aromatic rings. The highest BCUT2D eigenvalue weighted by molar-refractivity contribution is 6.33. The van der Waals surface area contributed by atoms with E-state index in [1.807, 2.05) is 0 Å². The summed E-state index contributed by atoms with van der Waals surface area (Å²) in [4.78, 5) is 27.0. The van der Waals surface area contributed by atoms with Gasteiger partial charge in [0.2, 0.25) is 0 Å². The molecule has 0 unspecified atom stereocenters. The van der Waals surface area contributed by atoms with Gasteiger partial charge in [-0.3, -0.25) is 4.98 Å². The van der Waals surface area contributed by atoms with Crippen molar-refractivity contribution in [2.45, 2.75) is 0 Å². The van der Waals surface area contributed by atoms with E-state index in [9.17, 15) is 9.59 Å². The standard InChI is InChI=1S/C6H5ClN2O3/c1-12-5(10)4-3(7)2-8-6(11)9-4/h2H,1H3,(H,8,9,11). The van der Waals surface area contributed by atoms with Crippen LogP contribution in [-0.4, -0.2) is 23.0 Å². The van der Waals surface area contributed by atoms with Crippen LogP contribution in [0.2, 0.25) is 5.02 Å². The van der Waals surface area contributed by atoms with Crippen LogP contribution in [-0.2, 0) is 4.74 Å². The third-order valence-electron chi connectivity index (χ3n) is 1.16. The molecule has 0 radical (unpaired) electrons. The Bertz CT molecular complexity index is 360. The number of rotatable bonds is 1. The van der Waals surface area contributed by atoms with Crippen molar-refractivity contribution >= 4 is 17.6 Å². The van der Waals surface area contributed by atoms with Crippen molar-refractivity contribution < 1.29 is 9.53 Å². The predicted molar refractivity (Wildman–Crippen MR) is 41.2 cm³/mol. The SMILES string of the molecule is COC(=O)c1[nH]c(=O)ncc1Cl. The van der Waals surface area contributed by atoms with Crippen LogP contribution in [0.1, 0.15) is 10.5 Å². The number of aromatic amines is 1. The van der Waals surface area contributed by atoms with Crippen molar-refractivity contribution in [3.8, 4) is 0 Å². The van der Waals surface area contributed by atoms with Gasteiger partial charge in [0.25, 0.3) is 0 Å². The van der Waals surface area contributed by atoms with E-state index < -0.39 is 11.7 Å². The summed E-state index contributed by atoms with van der Waals surface area (Å²) in [5.74, 6) is -0.695. The van der Waals surface area contributed by atoms with Crippen molar-refractivity contribution in [3.63, 3.8) is 0 Å². The largest absolute Gasteiger partial charge is 0.464 e. The average Bonchev–Trinajstić information content (AvgIpc) is 2.08. The number of halogens is 1. The minimum absolute atomic E-state index is 0.0569. The molecule has 5 nitrogen and oxygen atoms in total. The smallest absolute Gasteiger partial charge is 0.356 e. The molecule has 0 aliphatic carbocycles. The van der Waals surface area contributed by atoms with E-state index in [0.29, 0.717) is 0 Å². The summed E-state index contributed by atoms with van der Waals surface area (Å²) in [5.41, 5.74) is -0.723. The highest BCUT2D eigenvalue weighted by Gasteiger charge is 2.11. The number of nitrogens with zero attached hydrogens (tertiary/aromatic N) is 1. The van der Waals surface area contributed by atoms with Crippen LogP contribution in [0, 0.1) is 0 Å². The van der Waals surface area contributed by atoms with Gasteiger partial charge in [-0.2, -0.15) is 0 Å². The number of hydrogen-bond donors (Lipinski definition) is 1. The minimum atomic E-state index is -0.695. The van der Waals surface area contributed by atoms with Crippen LogP contribution in [0.3, 0.4) is 0 Å². The van der Waals surface area contributed by atoms with Crippen LogP contribution in [0.5, 0.6) is 0 Å². The average molecular weight is 189 g/mol. The second kappa shape index (κ2) is 3.36. The van der Waals surface area contributed by atoms with Crippen molar-refractivity contribution in [2.24, 2.45) is 0 Å². The fourth-order valence-electron chi connectivity index (χ4n) is 0.629. The lowest BCUT2D eigenvalue weighted by molar-refractivity contribution is 0.0593. The van der Waals surface area contributed by atoms with E-state index in [0.717, 1.165) is 6.20 Å². The highest BCUT2D eigenvalue weighted by Crippen LogP contribution is 2.09. The maximum absolute atomic E-state index is 10.9. The Labute approximate surface area is 72.3 Å². The normalized spacial score (nSPS) is 9.50. The number of H-pyrrole nitrogens is 1. The summed E-state index contributed by atoms with van der Waals surface area (Å²) in [6.45, 7) is 0. The van der Waals surface area contributed by atoms with Gasteiger partial charge in [0.1, 0.15) is 5.69 Å². The second-order valence-electron chi connectivity index (χ2n) is 1.90. The maximum Gasteiger partial charge on any atom is 0.356 e. The highest BCUT2D eigenvalue weighted by atomic mass is 35.5. The second-order valence-corrected chi connectivity index (χ2v) is 2.31. The number of carbonyl (C=O) groups excluding carboxylic acids is 1. The summed E-state index contributed by atoms with van der Waals surface area (Å²) in [5, 5.41) is 0.0569. The lowest BCUT2D eigenvalue weighted by Crippen LogP contribution is -2.16. The zero-order valence-electron chi connectivity index (χ0n) is 6.13. The monoisotopic (exact) mass is 188 g/mol. The molecule has 1 rings (SSSR count). The summed E-state index contributed by atoms with van der Waals surface area (Å²) in [6, 6.07) is 0. The number of nitrogens with one attached hydrogen (secondary N) is 1. The number of esters is 1. The van der Waals surface area contributed by atoms with E-state index in [4.69, 9.17) is 11.6 Å². The summed E-state index contributed by atoms with van der Waals surface area (Å²) < 4.78 is 4.35. The fourth-order valence-corrected chi connectivity index (χ4v) is 0.803. The number of hydrogen-bond acceptors (Lipinski definition) is 4. The molecule has 0 aliphatic heterocycles. The van der Waals surface area contributed by atoms with E-state index in [1.165, 1.54) is 7.11 Å². The molecule has 0 amide bonds. The molecule has 0 aromatic carbocycles. The molecule has 6 heteroatoms. The summed E-state index contributed by atoms with van der Waals surface area (Å²) in [7, 11) is 1.19. The van der Waals surface area contributed by atoms with Gasteiger partial charge in [-0.05, 0) is 0 Å². The quantitative estimate of drug-likeness (QED) is 0.640. The Balaban J connectivity index is 3.22. The van der Waals surface area contributed by atoms with Gasteiger partial charge in [-0.25, -0.2) is 14.6 Å². The zero-order chi connectivity index (χ0) is 9.14. The number of methoxy groups -OCH3 is 1. The molecule has 1 aromatic heterocycles. The van der Waals surface area contributed by atoms with E-state index in [2.05, 4.69) is 14.7 Å². The van der Waals surface area contributed by atoms with Gasteiger partial charge in [0.05, 0.1) is 18.3 Å². The summed E-state index contributed by atoms with van der Waals surface area (Å²) in [6.07, 6.45) is 1.09. The number of ether oxygens (including phenoxy) is 1. The molecule has 1 heterocycles.